The topological polar surface area (TPSA) is 35.2 Å². The number of ether oxygens (including phenoxy) is 1. The van der Waals surface area contributed by atoms with E-state index in [4.69, 9.17) is 10.5 Å². The number of hydrogen-bond acceptors (Lipinski definition) is 2. The van der Waals surface area contributed by atoms with Crippen LogP contribution >= 0.6 is 0 Å². The smallest absolute Gasteiger partial charge is 0.0975 e. The van der Waals surface area contributed by atoms with E-state index < -0.39 is 0 Å². The van der Waals surface area contributed by atoms with Crippen molar-refractivity contribution in [2.45, 2.75) is 45.3 Å². The van der Waals surface area contributed by atoms with Crippen molar-refractivity contribution in [3.8, 4) is 0 Å². The second-order valence-electron chi connectivity index (χ2n) is 5.24. The van der Waals surface area contributed by atoms with Crippen LogP contribution in [0.5, 0.6) is 0 Å². The van der Waals surface area contributed by atoms with Crippen LogP contribution in [0.3, 0.4) is 0 Å². The highest BCUT2D eigenvalue weighted by atomic mass is 16.5. The molecule has 1 aromatic rings. The van der Waals surface area contributed by atoms with Gasteiger partial charge in [-0.05, 0) is 37.3 Å². The Morgan fingerprint density at radius 1 is 1.35 bits per heavy atom. The summed E-state index contributed by atoms with van der Waals surface area (Å²) in [5, 5.41) is 0. The lowest BCUT2D eigenvalue weighted by atomic mass is 9.99. The SMILES string of the molecule is Cc1ccccc1C(OCCC1CC1)C(C)N. The molecular weight excluding hydrogens is 210 g/mol. The van der Waals surface area contributed by atoms with Crippen molar-refractivity contribution in [2.75, 3.05) is 6.61 Å². The Morgan fingerprint density at radius 2 is 2.06 bits per heavy atom. The molecule has 0 heterocycles. The Bertz CT molecular complexity index is 358. The molecule has 0 radical (unpaired) electrons. The van der Waals surface area contributed by atoms with E-state index in [0.29, 0.717) is 0 Å². The van der Waals surface area contributed by atoms with Crippen LogP contribution < -0.4 is 5.73 Å². The second kappa shape index (κ2) is 5.65. The van der Waals surface area contributed by atoms with Gasteiger partial charge in [0, 0.05) is 12.6 Å². The molecule has 17 heavy (non-hydrogen) atoms. The van der Waals surface area contributed by atoms with Crippen LogP contribution in [0.2, 0.25) is 0 Å². The lowest BCUT2D eigenvalue weighted by Crippen LogP contribution is -2.28. The zero-order valence-corrected chi connectivity index (χ0v) is 10.9. The van der Waals surface area contributed by atoms with E-state index >= 15 is 0 Å². The molecule has 94 valence electrons. The zero-order valence-electron chi connectivity index (χ0n) is 10.9. The molecule has 1 aliphatic carbocycles. The lowest BCUT2D eigenvalue weighted by Gasteiger charge is -2.23. The minimum absolute atomic E-state index is 0.0370. The third-order valence-corrected chi connectivity index (χ3v) is 3.49. The fourth-order valence-electron chi connectivity index (χ4n) is 2.20. The fourth-order valence-corrected chi connectivity index (χ4v) is 2.20. The molecule has 2 nitrogen and oxygen atoms in total. The van der Waals surface area contributed by atoms with Gasteiger partial charge in [0.05, 0.1) is 6.10 Å². The van der Waals surface area contributed by atoms with E-state index in [0.717, 1.165) is 12.5 Å². The fraction of sp³-hybridized carbons (Fsp3) is 0.600. The molecule has 0 saturated heterocycles. The van der Waals surface area contributed by atoms with Crippen LogP contribution in [-0.4, -0.2) is 12.6 Å². The zero-order chi connectivity index (χ0) is 12.3. The van der Waals surface area contributed by atoms with Gasteiger partial charge in [0.2, 0.25) is 0 Å². The highest BCUT2D eigenvalue weighted by Crippen LogP contribution is 2.33. The van der Waals surface area contributed by atoms with Crippen LogP contribution in [0.4, 0.5) is 0 Å². The first kappa shape index (κ1) is 12.6. The highest BCUT2D eigenvalue weighted by molar-refractivity contribution is 5.28. The molecular formula is C15H23NO. The Kier molecular flexibility index (Phi) is 4.19. The Hall–Kier alpha value is -0.860. The van der Waals surface area contributed by atoms with Crippen molar-refractivity contribution in [1.82, 2.24) is 0 Å². The van der Waals surface area contributed by atoms with Gasteiger partial charge in [-0.1, -0.05) is 37.1 Å². The van der Waals surface area contributed by atoms with E-state index in [9.17, 15) is 0 Å². The molecule has 1 fully saturated rings. The molecule has 2 heteroatoms. The molecule has 2 rings (SSSR count). The molecule has 0 spiro atoms. The van der Waals surface area contributed by atoms with E-state index in [2.05, 4.69) is 31.2 Å². The van der Waals surface area contributed by atoms with Crippen LogP contribution in [-0.2, 0) is 4.74 Å². The Morgan fingerprint density at radius 3 is 2.65 bits per heavy atom. The number of nitrogens with two attached hydrogens (primary N) is 1. The van der Waals surface area contributed by atoms with Crippen molar-refractivity contribution in [2.24, 2.45) is 11.7 Å². The molecule has 0 bridgehead atoms. The summed E-state index contributed by atoms with van der Waals surface area (Å²) in [6.07, 6.45) is 4.00. The molecule has 2 unspecified atom stereocenters. The largest absolute Gasteiger partial charge is 0.372 e. The number of aryl methyl sites for hydroxylation is 1. The molecule has 0 amide bonds. The van der Waals surface area contributed by atoms with E-state index in [1.165, 1.54) is 30.4 Å². The van der Waals surface area contributed by atoms with Crippen molar-refractivity contribution < 1.29 is 4.74 Å². The van der Waals surface area contributed by atoms with Gasteiger partial charge in [-0.3, -0.25) is 0 Å². The average molecular weight is 233 g/mol. The normalized spacial score (nSPS) is 19.0. The second-order valence-corrected chi connectivity index (χ2v) is 5.24. The molecule has 0 aliphatic heterocycles. The molecule has 1 aromatic carbocycles. The van der Waals surface area contributed by atoms with E-state index in [-0.39, 0.29) is 12.1 Å². The van der Waals surface area contributed by atoms with Crippen LogP contribution in [0.25, 0.3) is 0 Å². The summed E-state index contributed by atoms with van der Waals surface area (Å²) in [7, 11) is 0. The number of rotatable bonds is 6. The number of benzene rings is 1. The predicted molar refractivity (Wildman–Crippen MR) is 70.9 cm³/mol. The summed E-state index contributed by atoms with van der Waals surface area (Å²) >= 11 is 0. The number of hydrogen-bond donors (Lipinski definition) is 1. The van der Waals surface area contributed by atoms with Gasteiger partial charge < -0.3 is 10.5 Å². The van der Waals surface area contributed by atoms with Gasteiger partial charge in [-0.25, -0.2) is 0 Å². The maximum Gasteiger partial charge on any atom is 0.0975 e. The third kappa shape index (κ3) is 3.55. The van der Waals surface area contributed by atoms with E-state index in [1.54, 1.807) is 0 Å². The minimum atomic E-state index is 0.0370. The maximum absolute atomic E-state index is 6.05. The first-order chi connectivity index (χ1) is 8.18. The van der Waals surface area contributed by atoms with Crippen LogP contribution in [0.15, 0.2) is 24.3 Å². The van der Waals surface area contributed by atoms with Crippen LogP contribution in [0.1, 0.15) is 43.4 Å². The first-order valence-electron chi connectivity index (χ1n) is 6.61. The van der Waals surface area contributed by atoms with Crippen molar-refractivity contribution in [3.05, 3.63) is 35.4 Å². The van der Waals surface area contributed by atoms with Gasteiger partial charge >= 0.3 is 0 Å². The van der Waals surface area contributed by atoms with Crippen molar-refractivity contribution >= 4 is 0 Å². The molecule has 1 saturated carbocycles. The lowest BCUT2D eigenvalue weighted by molar-refractivity contribution is 0.0343. The summed E-state index contributed by atoms with van der Waals surface area (Å²) < 4.78 is 6.00. The summed E-state index contributed by atoms with van der Waals surface area (Å²) in [6, 6.07) is 8.40. The standard InChI is InChI=1S/C15H23NO/c1-11-5-3-4-6-14(11)15(12(2)16)17-10-9-13-7-8-13/h3-6,12-13,15H,7-10,16H2,1-2H3. The maximum atomic E-state index is 6.05. The van der Waals surface area contributed by atoms with Gasteiger partial charge in [-0.15, -0.1) is 0 Å². The quantitative estimate of drug-likeness (QED) is 0.819. The average Bonchev–Trinajstić information content (AvgIpc) is 3.09. The van der Waals surface area contributed by atoms with Gasteiger partial charge in [-0.2, -0.15) is 0 Å². The van der Waals surface area contributed by atoms with Crippen molar-refractivity contribution in [3.63, 3.8) is 0 Å². The van der Waals surface area contributed by atoms with Crippen LogP contribution in [0, 0.1) is 12.8 Å². The van der Waals surface area contributed by atoms with Gasteiger partial charge in [0.1, 0.15) is 0 Å². The molecule has 2 atom stereocenters. The minimum Gasteiger partial charge on any atom is -0.372 e. The van der Waals surface area contributed by atoms with Gasteiger partial charge in [0.25, 0.3) is 0 Å². The van der Waals surface area contributed by atoms with E-state index in [1.807, 2.05) is 6.92 Å². The van der Waals surface area contributed by atoms with Gasteiger partial charge in [0.15, 0.2) is 0 Å². The Balaban J connectivity index is 1.97. The summed E-state index contributed by atoms with van der Waals surface area (Å²) in [4.78, 5) is 0. The summed E-state index contributed by atoms with van der Waals surface area (Å²) in [6.45, 7) is 4.98. The third-order valence-electron chi connectivity index (χ3n) is 3.49. The predicted octanol–water partition coefficient (Wildman–Crippen LogP) is 3.20. The summed E-state index contributed by atoms with van der Waals surface area (Å²) in [5.74, 6) is 0.917. The molecule has 2 N–H and O–H groups in total. The Labute approximate surface area is 104 Å². The van der Waals surface area contributed by atoms with Crippen molar-refractivity contribution in [1.29, 1.82) is 0 Å². The molecule has 0 aromatic heterocycles. The summed E-state index contributed by atoms with van der Waals surface area (Å²) in [5.41, 5.74) is 8.54. The highest BCUT2D eigenvalue weighted by Gasteiger charge is 2.23. The molecule has 1 aliphatic rings. The first-order valence-corrected chi connectivity index (χ1v) is 6.61. The monoisotopic (exact) mass is 233 g/mol.